The fraction of sp³-hybridized carbons (Fsp3) is 0.429. The summed E-state index contributed by atoms with van der Waals surface area (Å²) in [4.78, 5) is 30.7. The number of hydrogen-bond acceptors (Lipinski definition) is 5. The van der Waals surface area contributed by atoms with E-state index < -0.39 is 5.60 Å². The number of likely N-dealkylation sites (N-methyl/N-ethyl adjacent to an activating group) is 1. The minimum atomic E-state index is -0.940. The number of nitriles is 1. The highest BCUT2D eigenvalue weighted by molar-refractivity contribution is 6.06. The number of anilines is 1. The molecule has 1 aromatic rings. The summed E-state index contributed by atoms with van der Waals surface area (Å²) >= 11 is 0. The Morgan fingerprint density at radius 1 is 1.02 bits per heavy atom. The first-order chi connectivity index (χ1) is 22.9. The van der Waals surface area contributed by atoms with Crippen molar-refractivity contribution < 1.29 is 14.3 Å². The van der Waals surface area contributed by atoms with Gasteiger partial charge in [0, 0.05) is 41.9 Å². The Hall–Kier alpha value is -4.68. The molecule has 0 radical (unpaired) electrons. The van der Waals surface area contributed by atoms with Gasteiger partial charge in [-0.3, -0.25) is 14.6 Å². The Morgan fingerprint density at radius 3 is 1.96 bits per heavy atom. The number of allylic oxidation sites excluding steroid dienone is 8. The molecule has 1 aromatic carbocycles. The van der Waals surface area contributed by atoms with Gasteiger partial charge in [0.2, 0.25) is 0 Å². The van der Waals surface area contributed by atoms with Gasteiger partial charge in [-0.1, -0.05) is 97.6 Å². The van der Waals surface area contributed by atoms with Crippen molar-refractivity contribution >= 4 is 24.6 Å². The summed E-state index contributed by atoms with van der Waals surface area (Å²) in [6.45, 7) is 33.3. The van der Waals surface area contributed by atoms with Crippen LogP contribution in [0.1, 0.15) is 107 Å². The number of aldehydes is 1. The van der Waals surface area contributed by atoms with E-state index in [0.717, 1.165) is 24.7 Å². The molecule has 1 rings (SSSR count). The Labute approximate surface area is 293 Å². The normalized spacial score (nSPS) is 10.6. The van der Waals surface area contributed by atoms with Crippen LogP contribution in [0.4, 0.5) is 5.69 Å². The predicted octanol–water partition coefficient (Wildman–Crippen LogP) is 11.1. The van der Waals surface area contributed by atoms with Crippen molar-refractivity contribution in [3.63, 3.8) is 0 Å². The van der Waals surface area contributed by atoms with E-state index in [2.05, 4.69) is 63.4 Å². The van der Waals surface area contributed by atoms with E-state index in [-0.39, 0.29) is 5.91 Å². The molecule has 0 aromatic heterocycles. The number of nitrogens with zero attached hydrogens (tertiary/aromatic N) is 3. The van der Waals surface area contributed by atoms with Gasteiger partial charge >= 0.3 is 0 Å². The van der Waals surface area contributed by atoms with Crippen LogP contribution in [0.25, 0.3) is 0 Å². The molecule has 0 saturated carbocycles. The maximum Gasteiger partial charge on any atom is 0.256 e. The number of hydrogen-bond donors (Lipinski definition) is 0. The van der Waals surface area contributed by atoms with Gasteiger partial charge < -0.3 is 9.64 Å². The first-order valence-electron chi connectivity index (χ1n) is 16.8. The number of carbonyl (C=O) groups is 2. The molecule has 0 aliphatic rings. The van der Waals surface area contributed by atoms with E-state index in [1.54, 1.807) is 43.0 Å². The van der Waals surface area contributed by atoms with Crippen LogP contribution in [0.5, 0.6) is 5.75 Å². The van der Waals surface area contributed by atoms with Gasteiger partial charge in [0.05, 0.1) is 6.07 Å². The third kappa shape index (κ3) is 21.2. The fourth-order valence-corrected chi connectivity index (χ4v) is 3.68. The highest BCUT2D eigenvalue weighted by Gasteiger charge is 2.23. The summed E-state index contributed by atoms with van der Waals surface area (Å²) in [6.07, 6.45) is 19.0. The lowest BCUT2D eigenvalue weighted by Gasteiger charge is -2.25. The van der Waals surface area contributed by atoms with Crippen LogP contribution in [-0.4, -0.2) is 31.1 Å². The van der Waals surface area contributed by atoms with E-state index in [1.807, 2.05) is 52.8 Å². The molecule has 262 valence electrons. The van der Waals surface area contributed by atoms with E-state index in [4.69, 9.17) is 16.4 Å². The van der Waals surface area contributed by atoms with E-state index in [1.165, 1.54) is 12.8 Å². The van der Waals surface area contributed by atoms with Gasteiger partial charge in [0.1, 0.15) is 5.75 Å². The van der Waals surface area contributed by atoms with Crippen molar-refractivity contribution in [1.29, 1.82) is 5.26 Å². The Kier molecular flexibility index (Phi) is 29.5. The van der Waals surface area contributed by atoms with Gasteiger partial charge in [0.15, 0.2) is 11.9 Å². The van der Waals surface area contributed by atoms with Gasteiger partial charge in [0.25, 0.3) is 5.91 Å². The smallest absolute Gasteiger partial charge is 0.256 e. The highest BCUT2D eigenvalue weighted by atomic mass is 16.5. The highest BCUT2D eigenvalue weighted by Crippen LogP contribution is 2.27. The summed E-state index contributed by atoms with van der Waals surface area (Å²) in [5, 5.41) is 8.94. The Balaban J connectivity index is -0.00000144. The third-order valence-electron chi connectivity index (χ3n) is 6.18. The molecule has 0 fully saturated rings. The summed E-state index contributed by atoms with van der Waals surface area (Å²) in [5.41, 5.74) is 2.63. The molecular weight excluding hydrogens is 594 g/mol. The average Bonchev–Trinajstić information content (AvgIpc) is 3.10. The first kappa shape index (κ1) is 47.7. The van der Waals surface area contributed by atoms with Gasteiger partial charge in [-0.25, -0.2) is 0 Å². The summed E-state index contributed by atoms with van der Waals surface area (Å²) in [6, 6.07) is 9.04. The lowest BCUT2D eigenvalue weighted by molar-refractivity contribution is -0.119. The monoisotopic (exact) mass is 655 g/mol. The van der Waals surface area contributed by atoms with Crippen LogP contribution < -0.4 is 9.64 Å². The molecule has 0 N–H and O–H groups in total. The summed E-state index contributed by atoms with van der Waals surface area (Å²) < 4.78 is 5.69. The van der Waals surface area contributed by atoms with Crippen molar-refractivity contribution in [3.05, 3.63) is 96.3 Å². The number of rotatable bonds is 17. The van der Waals surface area contributed by atoms with Gasteiger partial charge in [-0.05, 0) is 83.0 Å². The molecule has 0 saturated heterocycles. The second kappa shape index (κ2) is 29.7. The van der Waals surface area contributed by atoms with Crippen LogP contribution in [0.3, 0.4) is 0 Å². The van der Waals surface area contributed by atoms with Gasteiger partial charge in [-0.15, -0.1) is 12.3 Å². The molecule has 48 heavy (non-hydrogen) atoms. The second-order valence-electron chi connectivity index (χ2n) is 10.7. The maximum absolute atomic E-state index is 13.7. The van der Waals surface area contributed by atoms with Crippen LogP contribution in [0, 0.1) is 23.7 Å². The zero-order chi connectivity index (χ0) is 37.5. The third-order valence-corrected chi connectivity index (χ3v) is 6.18. The number of terminal acetylenes is 1. The second-order valence-corrected chi connectivity index (χ2v) is 10.7. The summed E-state index contributed by atoms with van der Waals surface area (Å²) in [7, 11) is 0. The molecule has 0 bridgehead atoms. The topological polar surface area (TPSA) is 82.8 Å². The van der Waals surface area contributed by atoms with Gasteiger partial charge in [-0.2, -0.15) is 5.26 Å². The minimum Gasteiger partial charge on any atom is -0.480 e. The number of amides is 1. The number of aliphatic imine (C=N–C) groups is 1. The molecule has 0 aliphatic carbocycles. The standard InChI is InChI=1S/C30H37N3O3.C6H12.C4H6.C2H6/c1-9-12-28(32-8)27(19-22(3)13-11-14-23(4)24(5)20-31)29(35)33(10-2)25-15-17-26(18-16-25)36-30(6,7)21-34;1-3-5-6-4-2;1-3-4-2;1-2/h11,13,15-18,21H,3-5,8-10,12,14,19H2,1-2,6-7H3;5-6H,3-4H2,1-2H3;1H,4H2,2H3;1-2H3/b13-11-,28-27-;6-5-;;. The van der Waals surface area contributed by atoms with Crippen molar-refractivity contribution in [2.24, 2.45) is 4.99 Å². The predicted molar refractivity (Wildman–Crippen MR) is 208 cm³/mol. The van der Waals surface area contributed by atoms with E-state index >= 15 is 0 Å². The van der Waals surface area contributed by atoms with E-state index in [0.29, 0.717) is 59.7 Å². The quantitative estimate of drug-likeness (QED) is 0.0318. The van der Waals surface area contributed by atoms with Crippen LogP contribution in [-0.2, 0) is 9.59 Å². The van der Waals surface area contributed by atoms with Crippen LogP contribution in [0.2, 0.25) is 0 Å². The minimum absolute atomic E-state index is 0.174. The molecule has 0 atom stereocenters. The van der Waals surface area contributed by atoms with Crippen molar-refractivity contribution in [2.45, 2.75) is 113 Å². The number of benzene rings is 1. The van der Waals surface area contributed by atoms with Crippen molar-refractivity contribution in [1.82, 2.24) is 0 Å². The molecule has 0 aliphatic heterocycles. The fourth-order valence-electron chi connectivity index (χ4n) is 3.68. The molecule has 6 nitrogen and oxygen atoms in total. The van der Waals surface area contributed by atoms with Crippen molar-refractivity contribution in [2.75, 3.05) is 11.4 Å². The first-order valence-corrected chi connectivity index (χ1v) is 16.8. The lowest BCUT2D eigenvalue weighted by atomic mass is 9.99. The summed E-state index contributed by atoms with van der Waals surface area (Å²) in [5.74, 6) is 2.79. The average molecular weight is 656 g/mol. The largest absolute Gasteiger partial charge is 0.480 e. The Morgan fingerprint density at radius 2 is 1.56 bits per heavy atom. The molecule has 6 heteroatoms. The van der Waals surface area contributed by atoms with Crippen molar-refractivity contribution in [3.8, 4) is 24.2 Å². The zero-order valence-corrected chi connectivity index (χ0v) is 31.3. The van der Waals surface area contributed by atoms with Crippen LogP contribution in [0.15, 0.2) is 101 Å². The van der Waals surface area contributed by atoms with E-state index in [9.17, 15) is 9.59 Å². The molecule has 0 unspecified atom stereocenters. The molecule has 1 amide bonds. The molecular formula is C42H61N3O3. The molecule has 0 spiro atoms. The SMILES string of the molecule is C#CCC.C=N/C(CCC)=C(/CC(=C)/C=C\CC(=C)C(=C)C#N)C(=O)N(CC)c1ccc(OC(C)(C)C=O)cc1.CC.CC/C=C\CC. The lowest BCUT2D eigenvalue weighted by Crippen LogP contribution is -2.33. The zero-order valence-electron chi connectivity index (χ0n) is 31.3. The number of ether oxygens (including phenoxy) is 1. The Bertz CT molecular complexity index is 1310. The maximum atomic E-state index is 13.7. The number of carbonyl (C=O) groups excluding carboxylic acids is 2. The van der Waals surface area contributed by atoms with Crippen LogP contribution >= 0.6 is 0 Å². The molecule has 0 heterocycles.